The Balaban J connectivity index is 2.11. The summed E-state index contributed by atoms with van der Waals surface area (Å²) in [6.45, 7) is 0. The van der Waals surface area contributed by atoms with Crippen LogP contribution in [-0.4, -0.2) is 12.1 Å². The van der Waals surface area contributed by atoms with E-state index in [4.69, 9.17) is 4.74 Å². The first-order chi connectivity index (χ1) is 7.74. The monoisotopic (exact) mass is 213 g/mol. The highest BCUT2D eigenvalue weighted by Gasteiger charge is 2.23. The molecule has 0 aromatic heterocycles. The van der Waals surface area contributed by atoms with Crippen molar-refractivity contribution in [1.82, 2.24) is 0 Å². The van der Waals surface area contributed by atoms with E-state index in [0.717, 1.165) is 16.3 Å². The number of hydrogen-bond donors (Lipinski definition) is 0. The molecule has 1 unspecified atom stereocenters. The summed E-state index contributed by atoms with van der Waals surface area (Å²) in [5.41, 5.74) is 0.938. The van der Waals surface area contributed by atoms with E-state index in [9.17, 15) is 9.90 Å². The minimum absolute atomic E-state index is 0.391. The molecule has 3 heteroatoms. The molecule has 80 valence electrons. The van der Waals surface area contributed by atoms with E-state index >= 15 is 0 Å². The van der Waals surface area contributed by atoms with Gasteiger partial charge in [0.05, 0.1) is 5.97 Å². The number of rotatable bonds is 1. The predicted octanol–water partition coefficient (Wildman–Crippen LogP) is 0.893. The van der Waals surface area contributed by atoms with Crippen molar-refractivity contribution in [2.45, 2.75) is 12.5 Å². The minimum Gasteiger partial charge on any atom is -0.546 e. The second kappa shape index (κ2) is 3.23. The van der Waals surface area contributed by atoms with Crippen molar-refractivity contribution >= 4 is 16.7 Å². The van der Waals surface area contributed by atoms with Crippen LogP contribution in [0.4, 0.5) is 0 Å². The van der Waals surface area contributed by atoms with Gasteiger partial charge in [0, 0.05) is 6.42 Å². The van der Waals surface area contributed by atoms with Gasteiger partial charge in [-0.15, -0.1) is 0 Å². The predicted molar refractivity (Wildman–Crippen MR) is 57.1 cm³/mol. The van der Waals surface area contributed by atoms with Crippen LogP contribution in [0, 0.1) is 0 Å². The van der Waals surface area contributed by atoms with Gasteiger partial charge < -0.3 is 14.6 Å². The van der Waals surface area contributed by atoms with Crippen molar-refractivity contribution in [3.8, 4) is 5.75 Å². The lowest BCUT2D eigenvalue weighted by atomic mass is 10.0. The van der Waals surface area contributed by atoms with Crippen LogP contribution in [0.2, 0.25) is 0 Å². The summed E-state index contributed by atoms with van der Waals surface area (Å²) in [5.74, 6) is -0.492. The standard InChI is InChI=1S/C13H10O3/c14-13(15)12-7-10-5-8-3-1-2-4-9(8)6-11(10)16-12/h1-6,12H,7H2,(H,14,15)/p-1. The van der Waals surface area contributed by atoms with E-state index in [-0.39, 0.29) is 0 Å². The molecule has 1 aliphatic rings. The Morgan fingerprint density at radius 3 is 2.62 bits per heavy atom. The number of carbonyl (C=O) groups is 1. The maximum atomic E-state index is 10.7. The van der Waals surface area contributed by atoms with E-state index in [1.54, 1.807) is 0 Å². The first-order valence-electron chi connectivity index (χ1n) is 5.13. The van der Waals surface area contributed by atoms with Gasteiger partial charge >= 0.3 is 0 Å². The Kier molecular flexibility index (Phi) is 1.86. The number of benzene rings is 2. The maximum Gasteiger partial charge on any atom is 0.142 e. The maximum absolute atomic E-state index is 10.7. The number of carbonyl (C=O) groups excluding carboxylic acids is 1. The quantitative estimate of drug-likeness (QED) is 0.707. The van der Waals surface area contributed by atoms with E-state index < -0.39 is 12.1 Å². The molecule has 0 saturated carbocycles. The minimum atomic E-state index is -1.15. The molecule has 3 rings (SSSR count). The molecule has 0 fully saturated rings. The van der Waals surface area contributed by atoms with Crippen LogP contribution in [0.15, 0.2) is 36.4 Å². The molecular formula is C13H9O3-. The molecule has 1 aliphatic heterocycles. The Morgan fingerprint density at radius 1 is 1.25 bits per heavy atom. The van der Waals surface area contributed by atoms with Crippen molar-refractivity contribution in [3.05, 3.63) is 42.0 Å². The Morgan fingerprint density at radius 2 is 1.94 bits per heavy atom. The summed E-state index contributed by atoms with van der Waals surface area (Å²) in [6.07, 6.45) is -0.450. The molecule has 2 aromatic rings. The third kappa shape index (κ3) is 1.33. The van der Waals surface area contributed by atoms with Crippen molar-refractivity contribution in [3.63, 3.8) is 0 Å². The molecule has 0 bridgehead atoms. The van der Waals surface area contributed by atoms with Crippen LogP contribution < -0.4 is 9.84 Å². The second-order valence-corrected chi connectivity index (χ2v) is 3.94. The lowest BCUT2D eigenvalue weighted by Crippen LogP contribution is -2.38. The average molecular weight is 213 g/mol. The molecule has 16 heavy (non-hydrogen) atoms. The molecule has 0 N–H and O–H groups in total. The Hall–Kier alpha value is -2.03. The molecule has 1 heterocycles. The Labute approximate surface area is 92.3 Å². The zero-order valence-electron chi connectivity index (χ0n) is 8.47. The van der Waals surface area contributed by atoms with Gasteiger partial charge in [-0.25, -0.2) is 0 Å². The number of carboxylic acid groups (broad SMARTS) is 1. The van der Waals surface area contributed by atoms with Crippen LogP contribution in [0.25, 0.3) is 10.8 Å². The molecule has 3 nitrogen and oxygen atoms in total. The molecule has 0 aliphatic carbocycles. The van der Waals surface area contributed by atoms with Gasteiger partial charge in [0.1, 0.15) is 11.9 Å². The molecular weight excluding hydrogens is 204 g/mol. The molecule has 0 radical (unpaired) electrons. The number of ether oxygens (including phenoxy) is 1. The van der Waals surface area contributed by atoms with E-state index in [1.165, 1.54) is 0 Å². The van der Waals surface area contributed by atoms with Gasteiger partial charge in [-0.05, 0) is 28.5 Å². The normalized spacial score (nSPS) is 18.1. The number of fused-ring (bicyclic) bond motifs is 2. The topological polar surface area (TPSA) is 49.4 Å². The van der Waals surface area contributed by atoms with Crippen LogP contribution in [0.1, 0.15) is 5.56 Å². The fourth-order valence-electron chi connectivity index (χ4n) is 2.06. The highest BCUT2D eigenvalue weighted by molar-refractivity contribution is 5.86. The summed E-state index contributed by atoms with van der Waals surface area (Å²) in [7, 11) is 0. The summed E-state index contributed by atoms with van der Waals surface area (Å²) >= 11 is 0. The van der Waals surface area contributed by atoms with Gasteiger partial charge in [0.15, 0.2) is 0 Å². The molecule has 2 aromatic carbocycles. The first kappa shape index (κ1) is 9.21. The summed E-state index contributed by atoms with van der Waals surface area (Å²) in [5, 5.41) is 12.9. The van der Waals surface area contributed by atoms with E-state index in [2.05, 4.69) is 0 Å². The van der Waals surface area contributed by atoms with Crippen molar-refractivity contribution in [2.24, 2.45) is 0 Å². The fourth-order valence-corrected chi connectivity index (χ4v) is 2.06. The summed E-state index contributed by atoms with van der Waals surface area (Å²) in [4.78, 5) is 10.7. The van der Waals surface area contributed by atoms with Crippen LogP contribution in [0.5, 0.6) is 5.75 Å². The van der Waals surface area contributed by atoms with Gasteiger partial charge in [-0.3, -0.25) is 0 Å². The van der Waals surface area contributed by atoms with E-state index in [0.29, 0.717) is 12.2 Å². The highest BCUT2D eigenvalue weighted by atomic mass is 16.5. The lowest BCUT2D eigenvalue weighted by molar-refractivity contribution is -0.312. The zero-order valence-corrected chi connectivity index (χ0v) is 8.47. The third-order valence-electron chi connectivity index (χ3n) is 2.87. The van der Waals surface area contributed by atoms with Gasteiger partial charge in [0.2, 0.25) is 0 Å². The first-order valence-corrected chi connectivity index (χ1v) is 5.13. The fraction of sp³-hybridized carbons (Fsp3) is 0.154. The molecule has 1 atom stereocenters. The molecule has 0 saturated heterocycles. The van der Waals surface area contributed by atoms with Crippen LogP contribution in [0.3, 0.4) is 0 Å². The van der Waals surface area contributed by atoms with Crippen molar-refractivity contribution in [1.29, 1.82) is 0 Å². The summed E-state index contributed by atoms with van der Waals surface area (Å²) in [6, 6.07) is 11.7. The van der Waals surface area contributed by atoms with Crippen LogP contribution >= 0.6 is 0 Å². The molecule has 0 spiro atoms. The van der Waals surface area contributed by atoms with E-state index in [1.807, 2.05) is 36.4 Å². The molecule has 0 amide bonds. The highest BCUT2D eigenvalue weighted by Crippen LogP contribution is 2.32. The summed E-state index contributed by atoms with van der Waals surface area (Å²) < 4.78 is 5.31. The smallest absolute Gasteiger partial charge is 0.142 e. The largest absolute Gasteiger partial charge is 0.546 e. The zero-order chi connectivity index (χ0) is 11.1. The van der Waals surface area contributed by atoms with Crippen molar-refractivity contribution in [2.75, 3.05) is 0 Å². The van der Waals surface area contributed by atoms with Gasteiger partial charge in [-0.2, -0.15) is 0 Å². The Bertz CT molecular complexity index is 530. The van der Waals surface area contributed by atoms with Crippen LogP contribution in [-0.2, 0) is 11.2 Å². The average Bonchev–Trinajstić information content (AvgIpc) is 2.68. The third-order valence-corrected chi connectivity index (χ3v) is 2.87. The number of aliphatic carboxylic acids is 1. The second-order valence-electron chi connectivity index (χ2n) is 3.94. The number of carboxylic acids is 1. The van der Waals surface area contributed by atoms with Gasteiger partial charge in [0.25, 0.3) is 0 Å². The number of hydrogen-bond acceptors (Lipinski definition) is 3. The van der Waals surface area contributed by atoms with Gasteiger partial charge in [-0.1, -0.05) is 24.3 Å². The SMILES string of the molecule is O=C([O-])C1Cc2cc3ccccc3cc2O1. The lowest BCUT2D eigenvalue weighted by Gasteiger charge is -2.10. The van der Waals surface area contributed by atoms with Crippen molar-refractivity contribution < 1.29 is 14.6 Å².